The van der Waals surface area contributed by atoms with Crippen molar-refractivity contribution in [2.45, 2.75) is 76.7 Å². The zero-order valence-electron chi connectivity index (χ0n) is 14.7. The van der Waals surface area contributed by atoms with Gasteiger partial charge in [0.15, 0.2) is 0 Å². The summed E-state index contributed by atoms with van der Waals surface area (Å²) in [7, 11) is 4.04. The standard InChI is InChI=1S/C18H31BN3P/c1-2-19-18-20-16-13-14(23)9-8-10-15(16)17(21-18)22-11-6-4-3-5-7-12-22/h14,19H,2-13,23H2,1H3. The number of rotatable bonds is 3. The fraction of sp³-hybridized carbons (Fsp3) is 0.778. The van der Waals surface area contributed by atoms with Crippen LogP contribution in [0.5, 0.6) is 0 Å². The molecule has 1 aliphatic carbocycles. The van der Waals surface area contributed by atoms with Gasteiger partial charge in [-0.2, -0.15) is 0 Å². The fourth-order valence-corrected chi connectivity index (χ4v) is 4.40. The highest BCUT2D eigenvalue weighted by Gasteiger charge is 2.23. The number of aromatic nitrogens is 2. The summed E-state index contributed by atoms with van der Waals surface area (Å²) in [6.07, 6.45) is 12.8. The van der Waals surface area contributed by atoms with E-state index in [1.807, 2.05) is 0 Å². The number of hydrogen-bond donors (Lipinski definition) is 0. The van der Waals surface area contributed by atoms with Gasteiger partial charge in [-0.1, -0.05) is 32.5 Å². The minimum Gasteiger partial charge on any atom is -0.356 e. The minimum atomic E-state index is 0.681. The van der Waals surface area contributed by atoms with Crippen LogP contribution in [0.1, 0.15) is 63.1 Å². The van der Waals surface area contributed by atoms with Crippen LogP contribution in [0.25, 0.3) is 0 Å². The lowest BCUT2D eigenvalue weighted by atomic mass is 9.74. The van der Waals surface area contributed by atoms with E-state index in [1.165, 1.54) is 81.5 Å². The largest absolute Gasteiger partial charge is 0.356 e. The average Bonchev–Trinajstić information content (AvgIpc) is 2.67. The maximum atomic E-state index is 5.05. The minimum absolute atomic E-state index is 0.681. The molecule has 0 bridgehead atoms. The van der Waals surface area contributed by atoms with Crippen molar-refractivity contribution in [2.75, 3.05) is 18.0 Å². The summed E-state index contributed by atoms with van der Waals surface area (Å²) in [5, 5.41) is 0. The van der Waals surface area contributed by atoms with E-state index in [4.69, 9.17) is 9.97 Å². The first kappa shape index (κ1) is 17.2. The van der Waals surface area contributed by atoms with Crippen molar-refractivity contribution in [1.82, 2.24) is 9.97 Å². The summed E-state index contributed by atoms with van der Waals surface area (Å²) in [5.74, 6) is 1.29. The Morgan fingerprint density at radius 1 is 1.09 bits per heavy atom. The molecule has 0 aromatic carbocycles. The third kappa shape index (κ3) is 4.47. The van der Waals surface area contributed by atoms with Gasteiger partial charge in [-0.25, -0.2) is 9.97 Å². The molecule has 2 atom stereocenters. The van der Waals surface area contributed by atoms with E-state index in [2.05, 4.69) is 21.1 Å². The van der Waals surface area contributed by atoms with E-state index >= 15 is 0 Å². The Morgan fingerprint density at radius 3 is 2.57 bits per heavy atom. The molecule has 23 heavy (non-hydrogen) atoms. The molecule has 2 unspecified atom stereocenters. The van der Waals surface area contributed by atoms with Crippen molar-refractivity contribution in [3.05, 3.63) is 11.3 Å². The van der Waals surface area contributed by atoms with Crippen LogP contribution in [-0.2, 0) is 12.8 Å². The quantitative estimate of drug-likeness (QED) is 0.484. The van der Waals surface area contributed by atoms with Crippen LogP contribution in [0, 0.1) is 0 Å². The molecule has 0 saturated carbocycles. The van der Waals surface area contributed by atoms with E-state index < -0.39 is 0 Å². The topological polar surface area (TPSA) is 29.0 Å². The van der Waals surface area contributed by atoms with Crippen molar-refractivity contribution >= 4 is 28.1 Å². The van der Waals surface area contributed by atoms with Crippen LogP contribution >= 0.6 is 9.24 Å². The summed E-state index contributed by atoms with van der Waals surface area (Å²) in [6, 6.07) is 0. The lowest BCUT2D eigenvalue weighted by Gasteiger charge is -2.29. The Bertz CT molecular complexity index is 515. The summed E-state index contributed by atoms with van der Waals surface area (Å²) < 4.78 is 0. The first-order valence-electron chi connectivity index (χ1n) is 9.67. The van der Waals surface area contributed by atoms with Crippen LogP contribution in [-0.4, -0.2) is 36.0 Å². The molecule has 3 rings (SSSR count). The van der Waals surface area contributed by atoms with Gasteiger partial charge in [0.2, 0.25) is 7.28 Å². The monoisotopic (exact) mass is 331 g/mol. The van der Waals surface area contributed by atoms with E-state index in [9.17, 15) is 0 Å². The molecule has 1 fully saturated rings. The van der Waals surface area contributed by atoms with Crippen LogP contribution < -0.4 is 10.6 Å². The SMILES string of the molecule is CCBc1nc2c(c(N3CCCCCCC3)n1)CCCC(P)C2. The van der Waals surface area contributed by atoms with E-state index in [0.717, 1.165) is 25.7 Å². The van der Waals surface area contributed by atoms with Gasteiger partial charge in [0.1, 0.15) is 5.82 Å². The highest BCUT2D eigenvalue weighted by atomic mass is 31.0. The molecule has 0 radical (unpaired) electrons. The van der Waals surface area contributed by atoms with Gasteiger partial charge in [-0.05, 0) is 44.2 Å². The lowest BCUT2D eigenvalue weighted by molar-refractivity contribution is 0.552. The van der Waals surface area contributed by atoms with Crippen molar-refractivity contribution in [3.8, 4) is 0 Å². The molecule has 1 aliphatic heterocycles. The first-order chi connectivity index (χ1) is 11.3. The molecule has 0 spiro atoms. The normalized spacial score (nSPS) is 22.7. The number of anilines is 1. The highest BCUT2D eigenvalue weighted by molar-refractivity contribution is 7.17. The van der Waals surface area contributed by atoms with Gasteiger partial charge in [0, 0.05) is 24.3 Å². The zero-order valence-corrected chi connectivity index (χ0v) is 15.8. The fourth-order valence-electron chi connectivity index (χ4n) is 3.94. The number of hydrogen-bond acceptors (Lipinski definition) is 3. The molecule has 126 valence electrons. The van der Waals surface area contributed by atoms with Gasteiger partial charge < -0.3 is 4.90 Å². The highest BCUT2D eigenvalue weighted by Crippen LogP contribution is 2.29. The van der Waals surface area contributed by atoms with Crippen molar-refractivity contribution < 1.29 is 0 Å². The van der Waals surface area contributed by atoms with Crippen molar-refractivity contribution in [2.24, 2.45) is 0 Å². The molecular formula is C18H31BN3P. The second-order valence-electron chi connectivity index (χ2n) is 7.25. The third-order valence-electron chi connectivity index (χ3n) is 5.20. The second kappa shape index (κ2) is 8.47. The summed E-state index contributed by atoms with van der Waals surface area (Å²) >= 11 is 0. The molecule has 1 saturated heterocycles. The first-order valence-corrected chi connectivity index (χ1v) is 10.3. The maximum absolute atomic E-state index is 5.05. The van der Waals surface area contributed by atoms with Gasteiger partial charge in [0.05, 0.1) is 5.72 Å². The van der Waals surface area contributed by atoms with Crippen LogP contribution in [0.4, 0.5) is 5.82 Å². The molecular weight excluding hydrogens is 300 g/mol. The Morgan fingerprint density at radius 2 is 1.83 bits per heavy atom. The smallest absolute Gasteiger partial charge is 0.207 e. The summed E-state index contributed by atoms with van der Waals surface area (Å²) in [5.41, 5.74) is 4.57. The number of fused-ring (bicyclic) bond motifs is 1. The molecule has 0 N–H and O–H groups in total. The van der Waals surface area contributed by atoms with E-state index in [-0.39, 0.29) is 0 Å². The Labute approximate surface area is 144 Å². The summed E-state index contributed by atoms with van der Waals surface area (Å²) in [4.78, 5) is 12.6. The van der Waals surface area contributed by atoms with Gasteiger partial charge in [-0.3, -0.25) is 0 Å². The Hall–Kier alpha value is -0.625. The molecule has 3 nitrogen and oxygen atoms in total. The van der Waals surface area contributed by atoms with Gasteiger partial charge in [-0.15, -0.1) is 9.24 Å². The van der Waals surface area contributed by atoms with Crippen molar-refractivity contribution in [3.63, 3.8) is 0 Å². The van der Waals surface area contributed by atoms with Crippen LogP contribution in [0.2, 0.25) is 6.32 Å². The van der Waals surface area contributed by atoms with E-state index in [0.29, 0.717) is 5.66 Å². The average molecular weight is 331 g/mol. The molecule has 0 amide bonds. The molecule has 5 heteroatoms. The molecule has 1 aromatic rings. The zero-order chi connectivity index (χ0) is 16.1. The predicted octanol–water partition coefficient (Wildman–Crippen LogP) is 2.87. The lowest BCUT2D eigenvalue weighted by Crippen LogP contribution is -2.34. The predicted molar refractivity (Wildman–Crippen MR) is 105 cm³/mol. The Kier molecular flexibility index (Phi) is 6.33. The third-order valence-corrected chi connectivity index (χ3v) is 5.77. The van der Waals surface area contributed by atoms with E-state index in [1.54, 1.807) is 0 Å². The van der Waals surface area contributed by atoms with Gasteiger partial charge >= 0.3 is 0 Å². The number of nitrogens with zero attached hydrogens (tertiary/aromatic N) is 3. The molecule has 2 heterocycles. The van der Waals surface area contributed by atoms with Crippen LogP contribution in [0.15, 0.2) is 0 Å². The molecule has 2 aliphatic rings. The Balaban J connectivity index is 1.95. The summed E-state index contributed by atoms with van der Waals surface area (Å²) in [6.45, 7) is 4.59. The van der Waals surface area contributed by atoms with Crippen molar-refractivity contribution in [1.29, 1.82) is 0 Å². The second-order valence-corrected chi connectivity index (χ2v) is 8.19. The van der Waals surface area contributed by atoms with Crippen LogP contribution in [0.3, 0.4) is 0 Å². The molecule has 1 aromatic heterocycles. The maximum Gasteiger partial charge on any atom is 0.207 e. The van der Waals surface area contributed by atoms with Gasteiger partial charge in [0.25, 0.3) is 0 Å².